The molecular formula is C11H14ClNO4S. The van der Waals surface area contributed by atoms with Crippen molar-refractivity contribution in [3.63, 3.8) is 0 Å². The number of rotatable bonds is 6. The Bertz CT molecular complexity index is 441. The minimum Gasteiger partial charge on any atom is -0.394 e. The van der Waals surface area contributed by atoms with Gasteiger partial charge in [0.15, 0.2) is 0 Å². The van der Waals surface area contributed by atoms with E-state index in [0.717, 1.165) is 0 Å². The summed E-state index contributed by atoms with van der Waals surface area (Å²) < 4.78 is 11.4. The van der Waals surface area contributed by atoms with E-state index in [1.807, 2.05) is 0 Å². The van der Waals surface area contributed by atoms with Crippen LogP contribution in [0.2, 0.25) is 5.02 Å². The summed E-state index contributed by atoms with van der Waals surface area (Å²) in [5.41, 5.74) is 0.521. The van der Waals surface area contributed by atoms with Gasteiger partial charge in [0.1, 0.15) is 5.75 Å². The predicted molar refractivity (Wildman–Crippen MR) is 71.1 cm³/mol. The summed E-state index contributed by atoms with van der Waals surface area (Å²) in [5, 5.41) is 20.7. The molecule has 0 spiro atoms. The highest BCUT2D eigenvalue weighted by Crippen LogP contribution is 2.14. The number of benzene rings is 1. The molecule has 5 nitrogen and oxygen atoms in total. The zero-order valence-corrected chi connectivity index (χ0v) is 11.1. The van der Waals surface area contributed by atoms with Gasteiger partial charge in [-0.05, 0) is 18.2 Å². The number of nitrogens with one attached hydrogen (secondary N) is 1. The van der Waals surface area contributed by atoms with Crippen molar-refractivity contribution in [1.82, 2.24) is 0 Å². The molecule has 0 aliphatic rings. The maximum absolute atomic E-state index is 11.5. The van der Waals surface area contributed by atoms with Gasteiger partial charge in [0.05, 0.1) is 18.5 Å². The molecule has 100 valence electrons. The third-order valence-electron chi connectivity index (χ3n) is 1.99. The van der Waals surface area contributed by atoms with Crippen LogP contribution in [0.25, 0.3) is 0 Å². The Balaban J connectivity index is 2.44. The van der Waals surface area contributed by atoms with Crippen LogP contribution in [0, 0.1) is 0 Å². The van der Waals surface area contributed by atoms with Crippen molar-refractivity contribution >= 4 is 34.0 Å². The summed E-state index contributed by atoms with van der Waals surface area (Å²) in [6.07, 6.45) is -1.06. The smallest absolute Gasteiger partial charge is 0.236 e. The molecule has 1 aromatic carbocycles. The van der Waals surface area contributed by atoms with Crippen molar-refractivity contribution in [3.8, 4) is 0 Å². The number of carbonyl (C=O) groups is 1. The molecule has 0 aromatic heterocycles. The zero-order chi connectivity index (χ0) is 13.5. The average molecular weight is 292 g/mol. The Morgan fingerprint density at radius 2 is 2.22 bits per heavy atom. The molecule has 1 amide bonds. The number of hydrogen-bond acceptors (Lipinski definition) is 4. The average Bonchev–Trinajstić information content (AvgIpc) is 2.28. The van der Waals surface area contributed by atoms with Crippen molar-refractivity contribution < 1.29 is 19.2 Å². The first-order chi connectivity index (χ1) is 8.51. The normalized spacial score (nSPS) is 13.9. The first kappa shape index (κ1) is 15.1. The highest BCUT2D eigenvalue weighted by molar-refractivity contribution is 7.85. The molecule has 0 saturated heterocycles. The molecule has 18 heavy (non-hydrogen) atoms. The Hall–Kier alpha value is -0.950. The van der Waals surface area contributed by atoms with Gasteiger partial charge in [-0.15, -0.1) is 0 Å². The first-order valence-electron chi connectivity index (χ1n) is 5.20. The molecule has 1 aromatic rings. The van der Waals surface area contributed by atoms with Crippen LogP contribution < -0.4 is 5.32 Å². The molecule has 0 aliphatic heterocycles. The summed E-state index contributed by atoms with van der Waals surface area (Å²) in [5.74, 6) is -0.788. The van der Waals surface area contributed by atoms with Gasteiger partial charge in [0.2, 0.25) is 5.91 Å². The van der Waals surface area contributed by atoms with E-state index in [-0.39, 0.29) is 11.5 Å². The summed E-state index contributed by atoms with van der Waals surface area (Å²) >= 11 is 5.75. The SMILES string of the molecule is O=C(CS(=O)CC(O)CO)Nc1cccc(Cl)c1. The Kier molecular flexibility index (Phi) is 6.28. The summed E-state index contributed by atoms with van der Waals surface area (Å²) in [6, 6.07) is 6.59. The summed E-state index contributed by atoms with van der Waals surface area (Å²) in [6.45, 7) is -0.471. The number of anilines is 1. The molecule has 7 heteroatoms. The van der Waals surface area contributed by atoms with Crippen molar-refractivity contribution in [1.29, 1.82) is 0 Å². The van der Waals surface area contributed by atoms with Gasteiger partial charge >= 0.3 is 0 Å². The number of amides is 1. The van der Waals surface area contributed by atoms with Crippen molar-refractivity contribution in [3.05, 3.63) is 29.3 Å². The van der Waals surface area contributed by atoms with Crippen LogP contribution in [0.1, 0.15) is 0 Å². The maximum atomic E-state index is 11.5. The Morgan fingerprint density at radius 1 is 1.50 bits per heavy atom. The third-order valence-corrected chi connectivity index (χ3v) is 3.57. The van der Waals surface area contributed by atoms with E-state index < -0.39 is 29.4 Å². The minimum atomic E-state index is -1.51. The van der Waals surface area contributed by atoms with E-state index in [2.05, 4.69) is 5.32 Å². The van der Waals surface area contributed by atoms with Crippen LogP contribution in [-0.2, 0) is 15.6 Å². The number of hydrogen-bond donors (Lipinski definition) is 3. The van der Waals surface area contributed by atoms with Gasteiger partial charge in [0, 0.05) is 21.5 Å². The van der Waals surface area contributed by atoms with Gasteiger partial charge in [-0.25, -0.2) is 0 Å². The first-order valence-corrected chi connectivity index (χ1v) is 7.07. The molecule has 2 unspecified atom stereocenters. The minimum absolute atomic E-state index is 0.126. The molecule has 2 atom stereocenters. The van der Waals surface area contributed by atoms with E-state index in [1.165, 1.54) is 0 Å². The summed E-state index contributed by atoms with van der Waals surface area (Å²) in [4.78, 5) is 11.5. The predicted octanol–water partition coefficient (Wildman–Crippen LogP) is 0.380. The molecule has 1 rings (SSSR count). The van der Waals surface area contributed by atoms with Crippen LogP contribution in [0.4, 0.5) is 5.69 Å². The lowest BCUT2D eigenvalue weighted by molar-refractivity contribution is -0.113. The fourth-order valence-corrected chi connectivity index (χ4v) is 2.44. The fraction of sp³-hybridized carbons (Fsp3) is 0.364. The fourth-order valence-electron chi connectivity index (χ4n) is 1.24. The number of carbonyl (C=O) groups excluding carboxylic acids is 1. The molecule has 0 bridgehead atoms. The standard InChI is InChI=1S/C11H14ClNO4S/c12-8-2-1-3-9(4-8)13-11(16)7-18(17)6-10(15)5-14/h1-4,10,14-15H,5-7H2,(H,13,16). The second-order valence-corrected chi connectivity index (χ2v) is 5.58. The van der Waals surface area contributed by atoms with Crippen molar-refractivity contribution in [2.24, 2.45) is 0 Å². The second-order valence-electron chi connectivity index (χ2n) is 3.65. The van der Waals surface area contributed by atoms with Crippen LogP contribution in [0.5, 0.6) is 0 Å². The van der Waals surface area contributed by atoms with Crippen LogP contribution in [0.15, 0.2) is 24.3 Å². The van der Waals surface area contributed by atoms with E-state index >= 15 is 0 Å². The lowest BCUT2D eigenvalue weighted by atomic mass is 10.3. The third kappa shape index (κ3) is 5.59. The van der Waals surface area contributed by atoms with Gasteiger partial charge in [-0.3, -0.25) is 9.00 Å². The largest absolute Gasteiger partial charge is 0.394 e. The van der Waals surface area contributed by atoms with Gasteiger partial charge < -0.3 is 15.5 Å². The lowest BCUT2D eigenvalue weighted by Gasteiger charge is -2.08. The Labute approximate surface area is 112 Å². The van der Waals surface area contributed by atoms with Gasteiger partial charge in [0.25, 0.3) is 0 Å². The monoisotopic (exact) mass is 291 g/mol. The number of halogens is 1. The number of aliphatic hydroxyl groups is 2. The molecule has 0 saturated carbocycles. The highest BCUT2D eigenvalue weighted by Gasteiger charge is 2.12. The maximum Gasteiger partial charge on any atom is 0.236 e. The summed E-state index contributed by atoms with van der Waals surface area (Å²) in [7, 11) is -1.51. The molecule has 0 aliphatic carbocycles. The van der Waals surface area contributed by atoms with Gasteiger partial charge in [-0.2, -0.15) is 0 Å². The molecular weight excluding hydrogens is 278 g/mol. The number of aliphatic hydroxyl groups excluding tert-OH is 2. The van der Waals surface area contributed by atoms with Crippen molar-refractivity contribution in [2.75, 3.05) is 23.4 Å². The van der Waals surface area contributed by atoms with E-state index in [9.17, 15) is 9.00 Å². The topological polar surface area (TPSA) is 86.6 Å². The van der Waals surface area contributed by atoms with Crippen LogP contribution >= 0.6 is 11.6 Å². The quantitative estimate of drug-likeness (QED) is 0.707. The molecule has 3 N–H and O–H groups in total. The van der Waals surface area contributed by atoms with E-state index in [4.69, 9.17) is 21.8 Å². The van der Waals surface area contributed by atoms with Crippen LogP contribution in [-0.4, -0.2) is 44.5 Å². The van der Waals surface area contributed by atoms with E-state index in [1.54, 1.807) is 24.3 Å². The van der Waals surface area contributed by atoms with Crippen molar-refractivity contribution in [2.45, 2.75) is 6.10 Å². The second kappa shape index (κ2) is 7.48. The molecule has 0 fully saturated rings. The lowest BCUT2D eigenvalue weighted by Crippen LogP contribution is -2.27. The highest BCUT2D eigenvalue weighted by atomic mass is 35.5. The molecule has 0 heterocycles. The Morgan fingerprint density at radius 3 is 2.83 bits per heavy atom. The van der Waals surface area contributed by atoms with E-state index in [0.29, 0.717) is 10.7 Å². The zero-order valence-electron chi connectivity index (χ0n) is 9.51. The van der Waals surface area contributed by atoms with Crippen LogP contribution in [0.3, 0.4) is 0 Å². The molecule has 0 radical (unpaired) electrons. The van der Waals surface area contributed by atoms with Gasteiger partial charge in [-0.1, -0.05) is 17.7 Å².